The van der Waals surface area contributed by atoms with Crippen LogP contribution in [0.4, 0.5) is 11.4 Å². The van der Waals surface area contributed by atoms with Gasteiger partial charge in [0, 0.05) is 37.3 Å². The molecule has 41 heavy (non-hydrogen) atoms. The van der Waals surface area contributed by atoms with E-state index in [4.69, 9.17) is 9.73 Å². The average Bonchev–Trinajstić information content (AvgIpc) is 3.00. The zero-order valence-electron chi connectivity index (χ0n) is 24.6. The first kappa shape index (κ1) is 30.8. The summed E-state index contributed by atoms with van der Waals surface area (Å²) in [5.41, 5.74) is 6.26. The topological polar surface area (TPSA) is 71.0 Å². The van der Waals surface area contributed by atoms with Gasteiger partial charge in [0.2, 0.25) is 5.91 Å². The van der Waals surface area contributed by atoms with Crippen molar-refractivity contribution in [1.29, 1.82) is 0 Å². The van der Waals surface area contributed by atoms with Crippen molar-refractivity contribution in [3.8, 4) is 5.75 Å². The van der Waals surface area contributed by atoms with E-state index in [0.717, 1.165) is 58.7 Å². The zero-order chi connectivity index (χ0) is 29.6. The standard InChI is InChI=1S/C33H33N3O3.C2H6/c1-24(38)34-30-18-14-25(15-19-30)13-16-27-21-28(17-20-32(27)39-3)33(35-31-12-8-7-11-29(31)23-37)36(2)22-26-9-5-4-6-10-26;1-2/h4-12,14-15,17-21,23H,13,16,22H2,1-3H3,(H,34,38);1-2H3. The van der Waals surface area contributed by atoms with E-state index in [2.05, 4.69) is 28.4 Å². The third kappa shape index (κ3) is 8.90. The smallest absolute Gasteiger partial charge is 0.221 e. The molecule has 0 aliphatic carbocycles. The van der Waals surface area contributed by atoms with Gasteiger partial charge in [-0.15, -0.1) is 0 Å². The Morgan fingerprint density at radius 1 is 0.878 bits per heavy atom. The Morgan fingerprint density at radius 2 is 1.56 bits per heavy atom. The predicted octanol–water partition coefficient (Wildman–Crippen LogP) is 7.49. The number of hydrogen-bond acceptors (Lipinski definition) is 4. The van der Waals surface area contributed by atoms with Gasteiger partial charge in [0.15, 0.2) is 6.29 Å². The highest BCUT2D eigenvalue weighted by Crippen LogP contribution is 2.26. The normalized spacial score (nSPS) is 10.7. The lowest BCUT2D eigenvalue weighted by molar-refractivity contribution is -0.114. The Kier molecular flexibility index (Phi) is 11.9. The molecule has 0 atom stereocenters. The van der Waals surface area contributed by atoms with E-state index in [-0.39, 0.29) is 5.91 Å². The first-order chi connectivity index (χ1) is 20.0. The minimum absolute atomic E-state index is 0.0882. The van der Waals surface area contributed by atoms with Crippen LogP contribution in [-0.4, -0.2) is 37.1 Å². The van der Waals surface area contributed by atoms with Gasteiger partial charge in [-0.1, -0.05) is 68.4 Å². The summed E-state index contributed by atoms with van der Waals surface area (Å²) in [4.78, 5) is 30.1. The molecule has 4 aromatic rings. The van der Waals surface area contributed by atoms with Crippen molar-refractivity contribution in [2.24, 2.45) is 4.99 Å². The molecule has 0 unspecified atom stereocenters. The summed E-state index contributed by atoms with van der Waals surface area (Å²) in [6.45, 7) is 6.16. The molecule has 6 heteroatoms. The van der Waals surface area contributed by atoms with Gasteiger partial charge in [-0.25, -0.2) is 4.99 Å². The molecule has 0 saturated carbocycles. The number of amides is 1. The lowest BCUT2D eigenvalue weighted by Crippen LogP contribution is -2.27. The molecule has 0 heterocycles. The Labute approximate surface area is 243 Å². The fourth-order valence-corrected chi connectivity index (χ4v) is 4.46. The van der Waals surface area contributed by atoms with E-state index in [1.807, 2.05) is 93.7 Å². The highest BCUT2D eigenvalue weighted by atomic mass is 16.5. The highest BCUT2D eigenvalue weighted by molar-refractivity contribution is 6.01. The summed E-state index contributed by atoms with van der Waals surface area (Å²) < 4.78 is 5.70. The monoisotopic (exact) mass is 549 g/mol. The fourth-order valence-electron chi connectivity index (χ4n) is 4.46. The summed E-state index contributed by atoms with van der Waals surface area (Å²) in [5.74, 6) is 1.48. The summed E-state index contributed by atoms with van der Waals surface area (Å²) >= 11 is 0. The number of rotatable bonds is 10. The number of ether oxygens (including phenoxy) is 1. The van der Waals surface area contributed by atoms with E-state index in [0.29, 0.717) is 17.8 Å². The number of benzene rings is 4. The molecule has 6 nitrogen and oxygen atoms in total. The Bertz CT molecular complexity index is 1450. The molecule has 0 bridgehead atoms. The lowest BCUT2D eigenvalue weighted by Gasteiger charge is -2.23. The second-order valence-corrected chi connectivity index (χ2v) is 9.36. The van der Waals surface area contributed by atoms with E-state index >= 15 is 0 Å². The van der Waals surface area contributed by atoms with Crippen molar-refractivity contribution in [3.05, 3.63) is 125 Å². The van der Waals surface area contributed by atoms with E-state index in [1.54, 1.807) is 13.2 Å². The van der Waals surface area contributed by atoms with Gasteiger partial charge in [0.05, 0.1) is 12.8 Å². The van der Waals surface area contributed by atoms with Gasteiger partial charge in [-0.2, -0.15) is 0 Å². The minimum Gasteiger partial charge on any atom is -0.496 e. The van der Waals surface area contributed by atoms with E-state index < -0.39 is 0 Å². The van der Waals surface area contributed by atoms with Crippen LogP contribution in [0.5, 0.6) is 5.75 Å². The Balaban J connectivity index is 0.00000226. The fraction of sp³-hybridized carbons (Fsp3) is 0.229. The molecular formula is C35H39N3O3. The first-order valence-corrected chi connectivity index (χ1v) is 13.9. The van der Waals surface area contributed by atoms with Crippen LogP contribution in [-0.2, 0) is 24.2 Å². The van der Waals surface area contributed by atoms with Gasteiger partial charge >= 0.3 is 0 Å². The maximum atomic E-state index is 11.7. The summed E-state index contributed by atoms with van der Waals surface area (Å²) in [5, 5.41) is 2.80. The molecular weight excluding hydrogens is 510 g/mol. The lowest BCUT2D eigenvalue weighted by atomic mass is 10.0. The Hall–Kier alpha value is -4.71. The molecule has 1 amide bonds. The van der Waals surface area contributed by atoms with Gasteiger partial charge in [0.25, 0.3) is 0 Å². The molecule has 0 aliphatic heterocycles. The first-order valence-electron chi connectivity index (χ1n) is 13.9. The van der Waals surface area contributed by atoms with Crippen molar-refractivity contribution >= 4 is 29.4 Å². The van der Waals surface area contributed by atoms with Crippen molar-refractivity contribution in [1.82, 2.24) is 4.90 Å². The van der Waals surface area contributed by atoms with Crippen LogP contribution in [0.3, 0.4) is 0 Å². The maximum Gasteiger partial charge on any atom is 0.221 e. The highest BCUT2D eigenvalue weighted by Gasteiger charge is 2.15. The van der Waals surface area contributed by atoms with Crippen LogP contribution in [0.1, 0.15) is 53.4 Å². The predicted molar refractivity (Wildman–Crippen MR) is 168 cm³/mol. The molecule has 212 valence electrons. The molecule has 0 aromatic heterocycles. The summed E-state index contributed by atoms with van der Waals surface area (Å²) in [7, 11) is 3.69. The summed E-state index contributed by atoms with van der Waals surface area (Å²) in [6, 6.07) is 31.6. The van der Waals surface area contributed by atoms with Gasteiger partial charge < -0.3 is 15.0 Å². The third-order valence-electron chi connectivity index (χ3n) is 6.41. The number of carbonyl (C=O) groups excluding carboxylic acids is 2. The largest absolute Gasteiger partial charge is 0.496 e. The van der Waals surface area contributed by atoms with Crippen LogP contribution in [0.2, 0.25) is 0 Å². The van der Waals surface area contributed by atoms with Crippen molar-refractivity contribution in [3.63, 3.8) is 0 Å². The quantitative estimate of drug-likeness (QED) is 0.126. The van der Waals surface area contributed by atoms with Crippen molar-refractivity contribution in [2.45, 2.75) is 40.2 Å². The number of para-hydroxylation sites is 1. The van der Waals surface area contributed by atoms with Crippen molar-refractivity contribution in [2.75, 3.05) is 19.5 Å². The van der Waals surface area contributed by atoms with E-state index in [9.17, 15) is 9.59 Å². The molecule has 4 aromatic carbocycles. The minimum atomic E-state index is -0.0882. The second-order valence-electron chi connectivity index (χ2n) is 9.36. The van der Waals surface area contributed by atoms with E-state index in [1.165, 1.54) is 6.92 Å². The molecule has 0 saturated heterocycles. The number of methoxy groups -OCH3 is 1. The number of nitrogens with zero attached hydrogens (tertiary/aromatic N) is 2. The summed E-state index contributed by atoms with van der Waals surface area (Å²) in [6.07, 6.45) is 2.40. The van der Waals surface area contributed by atoms with Crippen LogP contribution >= 0.6 is 0 Å². The molecule has 0 aliphatic rings. The van der Waals surface area contributed by atoms with Crippen LogP contribution in [0, 0.1) is 0 Å². The molecule has 4 rings (SSSR count). The molecule has 1 N–H and O–H groups in total. The number of hydrogen-bond donors (Lipinski definition) is 1. The van der Waals surface area contributed by atoms with Gasteiger partial charge in [-0.3, -0.25) is 9.59 Å². The van der Waals surface area contributed by atoms with Crippen LogP contribution in [0.15, 0.2) is 102 Å². The second kappa shape index (κ2) is 15.8. The van der Waals surface area contributed by atoms with Gasteiger partial charge in [0.1, 0.15) is 11.6 Å². The van der Waals surface area contributed by atoms with Crippen LogP contribution in [0.25, 0.3) is 0 Å². The molecule has 0 spiro atoms. The SMILES string of the molecule is CC.COc1ccc(C(=Nc2ccccc2C=O)N(C)Cc2ccccc2)cc1CCc1ccc(NC(C)=O)cc1. The third-order valence-corrected chi connectivity index (χ3v) is 6.41. The molecule has 0 radical (unpaired) electrons. The molecule has 0 fully saturated rings. The Morgan fingerprint density at radius 3 is 2.22 bits per heavy atom. The number of aliphatic imine (C=N–C) groups is 1. The number of aldehydes is 1. The number of aryl methyl sites for hydroxylation is 2. The number of carbonyl (C=O) groups is 2. The number of amidine groups is 1. The van der Waals surface area contributed by atoms with Gasteiger partial charge in [-0.05, 0) is 72.0 Å². The number of nitrogens with one attached hydrogen (secondary N) is 1. The number of anilines is 1. The average molecular weight is 550 g/mol. The van der Waals surface area contributed by atoms with Crippen LogP contribution < -0.4 is 10.1 Å². The van der Waals surface area contributed by atoms with Crippen molar-refractivity contribution < 1.29 is 14.3 Å². The maximum absolute atomic E-state index is 11.7. The zero-order valence-corrected chi connectivity index (χ0v) is 24.6.